The molecule has 0 aromatic rings. The summed E-state index contributed by atoms with van der Waals surface area (Å²) < 4.78 is 33.7. The Morgan fingerprint density at radius 3 is 1.41 bits per heavy atom. The Morgan fingerprint density at radius 1 is 0.656 bits per heavy atom. The minimum Gasteiger partial charge on any atom is -0.463 e. The molecule has 2 aliphatic rings. The van der Waals surface area contributed by atoms with E-state index in [0.717, 1.165) is 51.4 Å². The van der Waals surface area contributed by atoms with Gasteiger partial charge in [-0.25, -0.2) is 9.59 Å². The topological polar surface area (TPSA) is 89.5 Å². The molecule has 2 fully saturated rings. The van der Waals surface area contributed by atoms with Gasteiger partial charge in [-0.15, -0.1) is 0 Å². The lowest BCUT2D eigenvalue weighted by atomic mass is 10.1. The predicted octanol–water partition coefficient (Wildman–Crippen LogP) is 3.13. The Balaban J connectivity index is 1.45. The second-order valence-corrected chi connectivity index (χ2v) is 7.99. The fourth-order valence-corrected chi connectivity index (χ4v) is 3.76. The fraction of sp³-hybridized carbons (Fsp3) is 0.750. The second kappa shape index (κ2) is 16.0. The smallest absolute Gasteiger partial charge is 0.330 e. The van der Waals surface area contributed by atoms with Gasteiger partial charge in [-0.05, 0) is 38.5 Å². The molecule has 2 heterocycles. The molecule has 4 atom stereocenters. The van der Waals surface area contributed by atoms with E-state index in [-0.39, 0.29) is 36.4 Å². The molecule has 0 saturated carbocycles. The number of esters is 2. The fourth-order valence-electron chi connectivity index (χ4n) is 3.76. The second-order valence-electron chi connectivity index (χ2n) is 7.99. The van der Waals surface area contributed by atoms with Gasteiger partial charge in [0.1, 0.15) is 24.4 Å². The zero-order valence-corrected chi connectivity index (χ0v) is 19.0. The van der Waals surface area contributed by atoms with Crippen LogP contribution in [-0.4, -0.2) is 76.0 Å². The van der Waals surface area contributed by atoms with Crippen LogP contribution in [0.25, 0.3) is 0 Å². The molecule has 8 heteroatoms. The van der Waals surface area contributed by atoms with Crippen LogP contribution < -0.4 is 0 Å². The van der Waals surface area contributed by atoms with Gasteiger partial charge in [0, 0.05) is 25.4 Å². The summed E-state index contributed by atoms with van der Waals surface area (Å²) in [5, 5.41) is 0. The summed E-state index contributed by atoms with van der Waals surface area (Å²) in [6.45, 7) is 10.0. The average Bonchev–Trinajstić information content (AvgIpc) is 3.39. The van der Waals surface area contributed by atoms with Gasteiger partial charge in [0.25, 0.3) is 0 Å². The molecule has 2 saturated heterocycles. The van der Waals surface area contributed by atoms with Crippen LogP contribution in [0.1, 0.15) is 51.4 Å². The normalized spacial score (nSPS) is 24.1. The van der Waals surface area contributed by atoms with Crippen LogP contribution in [0.15, 0.2) is 25.3 Å². The van der Waals surface area contributed by atoms with Crippen LogP contribution in [0.2, 0.25) is 0 Å². The SMILES string of the molecule is C=CC(=O)OCCCCCCOC1COC2C(OCCCCCCOC(=O)C=C)COC12. The summed E-state index contributed by atoms with van der Waals surface area (Å²) in [4.78, 5) is 21.9. The highest BCUT2D eigenvalue weighted by Gasteiger charge is 2.48. The highest BCUT2D eigenvalue weighted by molar-refractivity contribution is 5.81. The molecule has 0 N–H and O–H groups in total. The van der Waals surface area contributed by atoms with Crippen LogP contribution in [-0.2, 0) is 38.0 Å². The first-order valence-electron chi connectivity index (χ1n) is 11.7. The predicted molar refractivity (Wildman–Crippen MR) is 118 cm³/mol. The number of fused-ring (bicyclic) bond motifs is 1. The first-order chi connectivity index (χ1) is 15.7. The van der Waals surface area contributed by atoms with E-state index in [4.69, 9.17) is 28.4 Å². The van der Waals surface area contributed by atoms with Gasteiger partial charge in [-0.1, -0.05) is 26.0 Å². The van der Waals surface area contributed by atoms with Gasteiger partial charge in [-0.2, -0.15) is 0 Å². The Morgan fingerprint density at radius 2 is 1.03 bits per heavy atom. The van der Waals surface area contributed by atoms with Crippen LogP contribution in [0.5, 0.6) is 0 Å². The van der Waals surface area contributed by atoms with E-state index in [9.17, 15) is 9.59 Å². The minimum atomic E-state index is -0.369. The van der Waals surface area contributed by atoms with Gasteiger partial charge in [-0.3, -0.25) is 0 Å². The van der Waals surface area contributed by atoms with Crippen LogP contribution in [0.4, 0.5) is 0 Å². The number of hydrogen-bond donors (Lipinski definition) is 0. The van der Waals surface area contributed by atoms with Gasteiger partial charge in [0.15, 0.2) is 0 Å². The summed E-state index contributed by atoms with van der Waals surface area (Å²) in [5.41, 5.74) is 0. The van der Waals surface area contributed by atoms with Crippen molar-refractivity contribution >= 4 is 11.9 Å². The number of carbonyl (C=O) groups excluding carboxylic acids is 2. The first kappa shape index (κ1) is 26.5. The Labute approximate surface area is 191 Å². The molecular weight excluding hydrogens is 416 g/mol. The van der Waals surface area contributed by atoms with E-state index in [1.165, 1.54) is 12.2 Å². The van der Waals surface area contributed by atoms with Gasteiger partial charge >= 0.3 is 11.9 Å². The molecule has 0 aromatic heterocycles. The summed E-state index contributed by atoms with van der Waals surface area (Å²) in [6.07, 6.45) is 9.81. The molecule has 0 amide bonds. The van der Waals surface area contributed by atoms with Crippen molar-refractivity contribution in [2.45, 2.75) is 75.8 Å². The van der Waals surface area contributed by atoms with Crippen molar-refractivity contribution in [2.75, 3.05) is 39.6 Å². The maximum absolute atomic E-state index is 10.9. The molecule has 32 heavy (non-hydrogen) atoms. The number of rotatable bonds is 18. The molecule has 0 radical (unpaired) electrons. The van der Waals surface area contributed by atoms with Crippen LogP contribution in [0, 0.1) is 0 Å². The molecule has 4 unspecified atom stereocenters. The van der Waals surface area contributed by atoms with Crippen molar-refractivity contribution in [3.8, 4) is 0 Å². The van der Waals surface area contributed by atoms with E-state index in [0.29, 0.717) is 39.6 Å². The van der Waals surface area contributed by atoms with Crippen molar-refractivity contribution in [1.29, 1.82) is 0 Å². The quantitative estimate of drug-likeness (QED) is 0.177. The maximum Gasteiger partial charge on any atom is 0.330 e. The molecule has 0 aliphatic carbocycles. The summed E-state index contributed by atoms with van der Waals surface area (Å²) >= 11 is 0. The zero-order valence-electron chi connectivity index (χ0n) is 19.0. The third kappa shape index (κ3) is 9.81. The summed E-state index contributed by atoms with van der Waals surface area (Å²) in [6, 6.07) is 0. The van der Waals surface area contributed by atoms with Crippen LogP contribution in [0.3, 0.4) is 0 Å². The highest BCUT2D eigenvalue weighted by atomic mass is 16.6. The maximum atomic E-state index is 10.9. The number of unbranched alkanes of at least 4 members (excludes halogenated alkanes) is 6. The third-order valence-electron chi connectivity index (χ3n) is 5.53. The summed E-state index contributed by atoms with van der Waals surface area (Å²) in [5.74, 6) is -0.738. The van der Waals surface area contributed by atoms with Crippen LogP contribution >= 0.6 is 0 Å². The van der Waals surface area contributed by atoms with Gasteiger partial charge in [0.2, 0.25) is 0 Å². The van der Waals surface area contributed by atoms with Crippen molar-refractivity contribution in [2.24, 2.45) is 0 Å². The average molecular weight is 455 g/mol. The molecule has 182 valence electrons. The molecule has 0 spiro atoms. The molecular formula is C24H38O8. The number of ether oxygens (including phenoxy) is 6. The molecule has 2 rings (SSSR count). The van der Waals surface area contributed by atoms with Crippen molar-refractivity contribution in [3.63, 3.8) is 0 Å². The molecule has 2 aliphatic heterocycles. The zero-order chi connectivity index (χ0) is 23.0. The molecule has 0 bridgehead atoms. The largest absolute Gasteiger partial charge is 0.463 e. The van der Waals surface area contributed by atoms with E-state index >= 15 is 0 Å². The Bertz CT molecular complexity index is 528. The summed E-state index contributed by atoms with van der Waals surface area (Å²) in [7, 11) is 0. The molecule has 0 aromatic carbocycles. The first-order valence-corrected chi connectivity index (χ1v) is 11.7. The van der Waals surface area contributed by atoms with Crippen molar-refractivity contribution in [3.05, 3.63) is 25.3 Å². The van der Waals surface area contributed by atoms with E-state index in [1.54, 1.807) is 0 Å². The van der Waals surface area contributed by atoms with Gasteiger partial charge in [0.05, 0.1) is 26.4 Å². The van der Waals surface area contributed by atoms with Gasteiger partial charge < -0.3 is 28.4 Å². The lowest BCUT2D eigenvalue weighted by molar-refractivity contribution is -0.138. The standard InChI is InChI=1S/C24H38O8/c1-3-21(25)29-15-11-7-5-9-13-27-19-17-31-24-20(18-32-23(19)24)28-14-10-6-8-12-16-30-22(26)4-2/h3-4,19-20,23-24H,1-2,5-18H2. The Hall–Kier alpha value is -1.74. The monoisotopic (exact) mass is 454 g/mol. The lowest BCUT2D eigenvalue weighted by Gasteiger charge is -2.17. The number of hydrogen-bond acceptors (Lipinski definition) is 8. The lowest BCUT2D eigenvalue weighted by Crippen LogP contribution is -2.34. The van der Waals surface area contributed by atoms with E-state index < -0.39 is 0 Å². The van der Waals surface area contributed by atoms with Crippen molar-refractivity contribution < 1.29 is 38.0 Å². The minimum absolute atomic E-state index is 0.0413. The van der Waals surface area contributed by atoms with Crippen molar-refractivity contribution in [1.82, 2.24) is 0 Å². The highest BCUT2D eigenvalue weighted by Crippen LogP contribution is 2.30. The molecule has 8 nitrogen and oxygen atoms in total. The van der Waals surface area contributed by atoms with E-state index in [2.05, 4.69) is 13.2 Å². The van der Waals surface area contributed by atoms with E-state index in [1.807, 2.05) is 0 Å². The Kier molecular flexibility index (Phi) is 13.2. The third-order valence-corrected chi connectivity index (χ3v) is 5.53. The number of carbonyl (C=O) groups is 2.